The molecule has 0 aliphatic rings. The molecule has 0 fully saturated rings. The number of hydrogen-bond acceptors (Lipinski definition) is 2. The van der Waals surface area contributed by atoms with Crippen molar-refractivity contribution in [1.29, 1.82) is 0 Å². The van der Waals surface area contributed by atoms with E-state index >= 15 is 0 Å². The molecule has 134 valence electrons. The molecule has 0 bridgehead atoms. The molecule has 0 saturated heterocycles. The maximum Gasteiger partial charge on any atom is 0.251 e. The number of aromatic nitrogens is 1. The zero-order chi connectivity index (χ0) is 19.0. The Balaban J connectivity index is 1.92. The van der Waals surface area contributed by atoms with Crippen LogP contribution in [0.3, 0.4) is 0 Å². The molecule has 0 aliphatic carbocycles. The highest BCUT2D eigenvalue weighted by Gasteiger charge is 2.13. The Bertz CT molecular complexity index is 1160. The molecule has 1 unspecified atom stereocenters. The Hall–Kier alpha value is -2.88. The molecule has 0 radical (unpaired) electrons. The molecule has 1 heterocycles. The molecule has 4 aromatic rings. The van der Waals surface area contributed by atoms with Crippen LogP contribution >= 0.6 is 11.6 Å². The smallest absolute Gasteiger partial charge is 0.251 e. The highest BCUT2D eigenvalue weighted by molar-refractivity contribution is 6.30. The molecule has 4 heteroatoms. The Labute approximate surface area is 162 Å². The zero-order valence-corrected chi connectivity index (χ0v) is 15.6. The highest BCUT2D eigenvalue weighted by atomic mass is 35.5. The Morgan fingerprint density at radius 1 is 0.889 bits per heavy atom. The topological polar surface area (TPSA) is 48.0 Å². The van der Waals surface area contributed by atoms with Crippen LogP contribution in [0.5, 0.6) is 0 Å². The molecular formula is C23H19ClN2O. The fourth-order valence-corrected chi connectivity index (χ4v) is 3.52. The predicted octanol–water partition coefficient (Wildman–Crippen LogP) is 4.91. The van der Waals surface area contributed by atoms with Crippen LogP contribution in [0, 0.1) is 0 Å². The molecule has 1 aromatic heterocycles. The number of nitrogens with zero attached hydrogens (tertiary/aromatic N) is 1. The van der Waals surface area contributed by atoms with Crippen LogP contribution < -0.4 is 11.3 Å². The first kappa shape index (κ1) is 17.5. The van der Waals surface area contributed by atoms with E-state index in [4.69, 9.17) is 17.3 Å². The van der Waals surface area contributed by atoms with Crippen molar-refractivity contribution in [3.8, 4) is 11.1 Å². The lowest BCUT2D eigenvalue weighted by Crippen LogP contribution is -2.17. The van der Waals surface area contributed by atoms with Gasteiger partial charge in [-0.3, -0.25) is 4.79 Å². The Morgan fingerprint density at radius 2 is 1.56 bits per heavy atom. The van der Waals surface area contributed by atoms with Gasteiger partial charge in [-0.2, -0.15) is 0 Å². The van der Waals surface area contributed by atoms with E-state index in [0.717, 1.165) is 33.2 Å². The van der Waals surface area contributed by atoms with Gasteiger partial charge in [0.2, 0.25) is 0 Å². The molecular weight excluding hydrogens is 356 g/mol. The quantitative estimate of drug-likeness (QED) is 0.554. The second-order valence-corrected chi connectivity index (χ2v) is 7.06. The van der Waals surface area contributed by atoms with Crippen LogP contribution in [0.15, 0.2) is 83.7 Å². The molecule has 3 nitrogen and oxygen atoms in total. The van der Waals surface area contributed by atoms with Crippen LogP contribution in [0.25, 0.3) is 22.0 Å². The maximum absolute atomic E-state index is 12.4. The van der Waals surface area contributed by atoms with E-state index in [2.05, 4.69) is 6.07 Å². The molecule has 4 rings (SSSR count). The van der Waals surface area contributed by atoms with Gasteiger partial charge in [-0.05, 0) is 46.5 Å². The molecule has 0 saturated carbocycles. The first-order valence-electron chi connectivity index (χ1n) is 8.75. The molecule has 27 heavy (non-hydrogen) atoms. The van der Waals surface area contributed by atoms with Crippen molar-refractivity contribution >= 4 is 22.5 Å². The highest BCUT2D eigenvalue weighted by Crippen LogP contribution is 2.30. The van der Waals surface area contributed by atoms with Crippen molar-refractivity contribution in [3.05, 3.63) is 105 Å². The molecule has 2 N–H and O–H groups in total. The average molecular weight is 375 g/mol. The number of aryl methyl sites for hydroxylation is 1. The van der Waals surface area contributed by atoms with E-state index in [1.807, 2.05) is 66.7 Å². The fraction of sp³-hybridized carbons (Fsp3) is 0.0870. The third kappa shape index (κ3) is 3.27. The second-order valence-electron chi connectivity index (χ2n) is 6.63. The lowest BCUT2D eigenvalue weighted by Gasteiger charge is -2.16. The van der Waals surface area contributed by atoms with Gasteiger partial charge in [0.25, 0.3) is 5.56 Å². The second kappa shape index (κ2) is 7.03. The maximum atomic E-state index is 12.4. The summed E-state index contributed by atoms with van der Waals surface area (Å²) in [5.41, 5.74) is 11.3. The third-order valence-electron chi connectivity index (χ3n) is 4.94. The Morgan fingerprint density at radius 3 is 2.26 bits per heavy atom. The van der Waals surface area contributed by atoms with E-state index < -0.39 is 0 Å². The summed E-state index contributed by atoms with van der Waals surface area (Å²) in [6.45, 7) is 0. The average Bonchev–Trinajstić information content (AvgIpc) is 2.71. The van der Waals surface area contributed by atoms with Gasteiger partial charge in [-0.15, -0.1) is 0 Å². The van der Waals surface area contributed by atoms with Crippen LogP contribution in [-0.2, 0) is 7.05 Å². The van der Waals surface area contributed by atoms with Gasteiger partial charge in [0.05, 0.1) is 11.6 Å². The monoisotopic (exact) mass is 374 g/mol. The van der Waals surface area contributed by atoms with Crippen molar-refractivity contribution < 1.29 is 0 Å². The van der Waals surface area contributed by atoms with Crippen molar-refractivity contribution in [2.24, 2.45) is 12.8 Å². The van der Waals surface area contributed by atoms with Gasteiger partial charge in [0.15, 0.2) is 0 Å². The molecule has 1 atom stereocenters. The van der Waals surface area contributed by atoms with E-state index in [1.54, 1.807) is 17.7 Å². The van der Waals surface area contributed by atoms with Crippen LogP contribution in [0.4, 0.5) is 0 Å². The van der Waals surface area contributed by atoms with Gasteiger partial charge in [-0.25, -0.2) is 0 Å². The minimum atomic E-state index is -0.271. The number of rotatable bonds is 3. The number of fused-ring (bicyclic) bond motifs is 1. The number of pyridine rings is 1. The van der Waals surface area contributed by atoms with Crippen molar-refractivity contribution in [1.82, 2.24) is 4.57 Å². The molecule has 0 spiro atoms. The summed E-state index contributed by atoms with van der Waals surface area (Å²) in [6, 6.07) is 25.0. The van der Waals surface area contributed by atoms with E-state index in [1.165, 1.54) is 0 Å². The lowest BCUT2D eigenvalue weighted by atomic mass is 9.95. The summed E-state index contributed by atoms with van der Waals surface area (Å²) in [5, 5.41) is 1.69. The van der Waals surface area contributed by atoms with Gasteiger partial charge in [0.1, 0.15) is 0 Å². The first-order valence-corrected chi connectivity index (χ1v) is 9.12. The lowest BCUT2D eigenvalue weighted by molar-refractivity contribution is 0.869. The van der Waals surface area contributed by atoms with Gasteiger partial charge in [-0.1, -0.05) is 60.1 Å². The summed E-state index contributed by atoms with van der Waals surface area (Å²) in [5.74, 6) is 0. The summed E-state index contributed by atoms with van der Waals surface area (Å²) >= 11 is 5.99. The van der Waals surface area contributed by atoms with Crippen LogP contribution in [0.1, 0.15) is 17.2 Å². The van der Waals surface area contributed by atoms with Crippen LogP contribution in [0.2, 0.25) is 5.02 Å². The first-order chi connectivity index (χ1) is 13.0. The van der Waals surface area contributed by atoms with E-state index in [9.17, 15) is 4.79 Å². The minimum absolute atomic E-state index is 0.0314. The summed E-state index contributed by atoms with van der Waals surface area (Å²) in [4.78, 5) is 12.4. The number of benzene rings is 3. The SMILES string of the molecule is Cn1c(=O)cc(-c2ccccc2)c2cc(C(N)c3ccc(Cl)cc3)ccc21. The summed E-state index contributed by atoms with van der Waals surface area (Å²) < 4.78 is 1.67. The normalized spacial score (nSPS) is 12.3. The van der Waals surface area contributed by atoms with Crippen molar-refractivity contribution in [2.45, 2.75) is 6.04 Å². The number of hydrogen-bond donors (Lipinski definition) is 1. The largest absolute Gasteiger partial charge is 0.320 e. The fourth-order valence-electron chi connectivity index (χ4n) is 3.39. The number of nitrogens with two attached hydrogens (primary N) is 1. The molecule has 3 aromatic carbocycles. The standard InChI is InChI=1S/C23H19ClN2O/c1-26-21-12-9-17(23(25)16-7-10-18(24)11-8-16)13-20(21)19(14-22(26)27)15-5-3-2-4-6-15/h2-14,23H,25H2,1H3. The van der Waals surface area contributed by atoms with Crippen molar-refractivity contribution in [3.63, 3.8) is 0 Å². The third-order valence-corrected chi connectivity index (χ3v) is 5.20. The molecule has 0 aliphatic heterocycles. The van der Waals surface area contributed by atoms with Gasteiger partial charge >= 0.3 is 0 Å². The van der Waals surface area contributed by atoms with Crippen LogP contribution in [-0.4, -0.2) is 4.57 Å². The van der Waals surface area contributed by atoms with Crippen molar-refractivity contribution in [2.75, 3.05) is 0 Å². The summed E-state index contributed by atoms with van der Waals surface area (Å²) in [6.07, 6.45) is 0. The predicted molar refractivity (Wildman–Crippen MR) is 112 cm³/mol. The zero-order valence-electron chi connectivity index (χ0n) is 14.9. The Kier molecular flexibility index (Phi) is 4.56. The van der Waals surface area contributed by atoms with Gasteiger partial charge < -0.3 is 10.3 Å². The summed E-state index contributed by atoms with van der Waals surface area (Å²) in [7, 11) is 1.79. The van der Waals surface area contributed by atoms with E-state index in [0.29, 0.717) is 5.02 Å². The number of halogens is 1. The van der Waals surface area contributed by atoms with Gasteiger partial charge in [0, 0.05) is 23.5 Å². The van der Waals surface area contributed by atoms with E-state index in [-0.39, 0.29) is 11.6 Å². The minimum Gasteiger partial charge on any atom is -0.320 e. The molecule has 0 amide bonds.